The van der Waals surface area contributed by atoms with Gasteiger partial charge in [-0.3, -0.25) is 14.5 Å². The fourth-order valence-corrected chi connectivity index (χ4v) is 4.02. The van der Waals surface area contributed by atoms with Crippen molar-refractivity contribution in [3.63, 3.8) is 0 Å². The van der Waals surface area contributed by atoms with Crippen LogP contribution in [0, 0.1) is 12.7 Å². The van der Waals surface area contributed by atoms with E-state index < -0.39 is 11.5 Å². The van der Waals surface area contributed by atoms with Gasteiger partial charge < -0.3 is 15.0 Å². The van der Waals surface area contributed by atoms with E-state index in [1.165, 1.54) is 13.0 Å². The molecule has 0 spiro atoms. The molecule has 0 aromatic heterocycles. The number of amides is 2. The number of aryl methyl sites for hydroxylation is 1. The van der Waals surface area contributed by atoms with E-state index in [2.05, 4.69) is 5.32 Å². The van der Waals surface area contributed by atoms with Gasteiger partial charge in [-0.1, -0.05) is 23.7 Å². The second kappa shape index (κ2) is 7.89. The highest BCUT2D eigenvalue weighted by molar-refractivity contribution is 6.31. The number of nitrogens with one attached hydrogen (secondary N) is 1. The zero-order chi connectivity index (χ0) is 21.5. The minimum atomic E-state index is -1.63. The molecule has 2 aliphatic rings. The molecule has 2 aromatic rings. The number of halogens is 2. The van der Waals surface area contributed by atoms with Crippen molar-refractivity contribution in [2.75, 3.05) is 31.5 Å². The molecule has 2 amide bonds. The van der Waals surface area contributed by atoms with Gasteiger partial charge in [0, 0.05) is 43.3 Å². The maximum atomic E-state index is 14.1. The van der Waals surface area contributed by atoms with Crippen molar-refractivity contribution in [3.8, 4) is 5.75 Å². The molecule has 4 rings (SSSR count). The van der Waals surface area contributed by atoms with Crippen molar-refractivity contribution in [1.82, 2.24) is 9.80 Å². The third-order valence-electron chi connectivity index (χ3n) is 5.64. The lowest BCUT2D eigenvalue weighted by molar-refractivity contribution is -0.155. The average Bonchev–Trinajstić information content (AvgIpc) is 2.72. The Bertz CT molecular complexity index is 987. The van der Waals surface area contributed by atoms with E-state index in [4.69, 9.17) is 16.3 Å². The van der Waals surface area contributed by atoms with E-state index in [9.17, 15) is 14.0 Å². The van der Waals surface area contributed by atoms with Crippen LogP contribution in [0.3, 0.4) is 0 Å². The molecule has 6 nitrogen and oxygen atoms in total. The van der Waals surface area contributed by atoms with Crippen LogP contribution in [0.5, 0.6) is 5.75 Å². The number of carbonyl (C=O) groups excluding carboxylic acids is 2. The van der Waals surface area contributed by atoms with Crippen LogP contribution in [0.25, 0.3) is 0 Å². The van der Waals surface area contributed by atoms with Crippen LogP contribution in [0.1, 0.15) is 18.1 Å². The van der Waals surface area contributed by atoms with Crippen LogP contribution in [-0.2, 0) is 16.1 Å². The molecule has 1 fully saturated rings. The second-order valence-corrected chi connectivity index (χ2v) is 8.26. The summed E-state index contributed by atoms with van der Waals surface area (Å²) >= 11 is 6.12. The van der Waals surface area contributed by atoms with Crippen molar-refractivity contribution in [2.24, 2.45) is 0 Å². The Morgan fingerprint density at radius 3 is 2.67 bits per heavy atom. The smallest absolute Gasteiger partial charge is 0.278 e. The maximum absolute atomic E-state index is 14.1. The van der Waals surface area contributed by atoms with Gasteiger partial charge in [0.2, 0.25) is 0 Å². The first-order chi connectivity index (χ1) is 14.3. The summed E-state index contributed by atoms with van der Waals surface area (Å²) in [4.78, 5) is 29.5. The van der Waals surface area contributed by atoms with E-state index in [-0.39, 0.29) is 11.7 Å². The van der Waals surface area contributed by atoms with Crippen molar-refractivity contribution in [3.05, 3.63) is 58.4 Å². The normalized spacial score (nSPS) is 21.6. The first-order valence-electron chi connectivity index (χ1n) is 9.83. The van der Waals surface area contributed by atoms with Gasteiger partial charge in [-0.25, -0.2) is 4.39 Å². The van der Waals surface area contributed by atoms with Crippen LogP contribution >= 0.6 is 11.6 Å². The number of hydrogen-bond donors (Lipinski definition) is 1. The van der Waals surface area contributed by atoms with Crippen LogP contribution in [0.15, 0.2) is 36.4 Å². The molecule has 0 saturated carbocycles. The molecular formula is C22H23ClFN3O3. The molecule has 158 valence electrons. The van der Waals surface area contributed by atoms with E-state index >= 15 is 0 Å². The summed E-state index contributed by atoms with van der Waals surface area (Å²) in [5.41, 5.74) is 0.377. The molecule has 1 atom stereocenters. The first kappa shape index (κ1) is 20.6. The Morgan fingerprint density at radius 1 is 1.23 bits per heavy atom. The quantitative estimate of drug-likeness (QED) is 0.758. The predicted octanol–water partition coefficient (Wildman–Crippen LogP) is 3.22. The Labute approximate surface area is 179 Å². The van der Waals surface area contributed by atoms with Gasteiger partial charge in [0.1, 0.15) is 11.6 Å². The number of piperazine rings is 1. The monoisotopic (exact) mass is 431 g/mol. The van der Waals surface area contributed by atoms with Gasteiger partial charge in [0.25, 0.3) is 17.4 Å². The highest BCUT2D eigenvalue weighted by Gasteiger charge is 2.49. The molecule has 1 N–H and O–H groups in total. The zero-order valence-electron chi connectivity index (χ0n) is 16.9. The highest BCUT2D eigenvalue weighted by atomic mass is 35.5. The summed E-state index contributed by atoms with van der Waals surface area (Å²) in [6, 6.07) is 10.1. The lowest BCUT2D eigenvalue weighted by Crippen LogP contribution is -2.62. The predicted molar refractivity (Wildman–Crippen MR) is 112 cm³/mol. The molecule has 0 aliphatic carbocycles. The van der Waals surface area contributed by atoms with Crippen LogP contribution < -0.4 is 10.1 Å². The molecule has 1 unspecified atom stereocenters. The summed E-state index contributed by atoms with van der Waals surface area (Å²) < 4.78 is 19.9. The number of rotatable bonds is 3. The Balaban J connectivity index is 1.43. The Hall–Kier alpha value is -2.64. The van der Waals surface area contributed by atoms with Gasteiger partial charge in [0.15, 0.2) is 0 Å². The number of ether oxygens (including phenoxy) is 1. The average molecular weight is 432 g/mol. The fraction of sp³-hybridized carbons (Fsp3) is 0.364. The van der Waals surface area contributed by atoms with Gasteiger partial charge in [-0.2, -0.15) is 0 Å². The van der Waals surface area contributed by atoms with E-state index in [1.807, 2.05) is 24.0 Å². The minimum Gasteiger partial charge on any atom is -0.466 e. The van der Waals surface area contributed by atoms with Gasteiger partial charge in [-0.15, -0.1) is 0 Å². The zero-order valence-corrected chi connectivity index (χ0v) is 17.6. The van der Waals surface area contributed by atoms with Crippen molar-refractivity contribution < 1.29 is 18.7 Å². The lowest BCUT2D eigenvalue weighted by atomic mass is 9.99. The molecule has 2 aromatic carbocycles. The molecule has 0 radical (unpaired) electrons. The standard InChI is InChI=1S/C22H23ClFN3O3/c1-14-6-7-19-18(12-14)25-20(28)22(2,30-19)21(29)27-10-8-26(9-11-27)13-15-16(23)4-3-5-17(15)24/h3-7,12H,8-11,13H2,1-2H3,(H,25,28). The Morgan fingerprint density at radius 2 is 1.97 bits per heavy atom. The summed E-state index contributed by atoms with van der Waals surface area (Å²) in [6.07, 6.45) is 0. The summed E-state index contributed by atoms with van der Waals surface area (Å²) in [5.74, 6) is -0.723. The number of hydrogen-bond acceptors (Lipinski definition) is 4. The largest absolute Gasteiger partial charge is 0.466 e. The highest BCUT2D eigenvalue weighted by Crippen LogP contribution is 2.35. The van der Waals surface area contributed by atoms with Crippen molar-refractivity contribution >= 4 is 29.1 Å². The second-order valence-electron chi connectivity index (χ2n) is 7.86. The summed E-state index contributed by atoms with van der Waals surface area (Å²) in [7, 11) is 0. The number of carbonyl (C=O) groups is 2. The molecule has 8 heteroatoms. The van der Waals surface area contributed by atoms with E-state index in [0.29, 0.717) is 54.7 Å². The van der Waals surface area contributed by atoms with E-state index in [0.717, 1.165) is 5.56 Å². The number of fused-ring (bicyclic) bond motifs is 1. The third-order valence-corrected chi connectivity index (χ3v) is 6.00. The van der Waals surface area contributed by atoms with Gasteiger partial charge in [0.05, 0.1) is 5.69 Å². The van der Waals surface area contributed by atoms with E-state index in [1.54, 1.807) is 23.1 Å². The molecule has 1 saturated heterocycles. The SMILES string of the molecule is Cc1ccc2c(c1)NC(=O)C(C)(C(=O)N1CCN(Cc3c(F)cccc3Cl)CC1)O2. The molecule has 30 heavy (non-hydrogen) atoms. The lowest BCUT2D eigenvalue weighted by Gasteiger charge is -2.40. The fourth-order valence-electron chi connectivity index (χ4n) is 3.80. The Kier molecular flexibility index (Phi) is 5.42. The van der Waals surface area contributed by atoms with Crippen LogP contribution in [0.2, 0.25) is 5.02 Å². The molecule has 2 aliphatic heterocycles. The minimum absolute atomic E-state index is 0.338. The molecule has 0 bridgehead atoms. The van der Waals surface area contributed by atoms with Gasteiger partial charge >= 0.3 is 0 Å². The number of nitrogens with zero attached hydrogens (tertiary/aromatic N) is 2. The van der Waals surface area contributed by atoms with Crippen molar-refractivity contribution in [2.45, 2.75) is 26.0 Å². The summed E-state index contributed by atoms with van der Waals surface area (Å²) in [5, 5.41) is 3.18. The van der Waals surface area contributed by atoms with Gasteiger partial charge in [-0.05, 0) is 43.7 Å². The number of benzene rings is 2. The molecular weight excluding hydrogens is 409 g/mol. The third kappa shape index (κ3) is 3.75. The van der Waals surface area contributed by atoms with Crippen LogP contribution in [-0.4, -0.2) is 53.4 Å². The van der Waals surface area contributed by atoms with Crippen molar-refractivity contribution in [1.29, 1.82) is 0 Å². The summed E-state index contributed by atoms with van der Waals surface area (Å²) in [6.45, 7) is 5.70. The maximum Gasteiger partial charge on any atom is 0.278 e. The first-order valence-corrected chi connectivity index (χ1v) is 10.2. The van der Waals surface area contributed by atoms with Crippen LogP contribution in [0.4, 0.5) is 10.1 Å². The molecule has 2 heterocycles. The number of anilines is 1. The topological polar surface area (TPSA) is 61.9 Å².